The van der Waals surface area contributed by atoms with Crippen LogP contribution in [0.15, 0.2) is 35.7 Å². The van der Waals surface area contributed by atoms with Crippen LogP contribution in [0.25, 0.3) is 5.69 Å². The summed E-state index contributed by atoms with van der Waals surface area (Å²) in [6.07, 6.45) is 1.61. The molecule has 1 unspecified atom stereocenters. The highest BCUT2D eigenvalue weighted by Gasteiger charge is 2.35. The average Bonchev–Trinajstić information content (AvgIpc) is 3.34. The lowest BCUT2D eigenvalue weighted by atomic mass is 10.1. The molecule has 29 heavy (non-hydrogen) atoms. The summed E-state index contributed by atoms with van der Waals surface area (Å²) in [5.41, 5.74) is 0.549. The van der Waals surface area contributed by atoms with Crippen molar-refractivity contribution in [2.45, 2.75) is 37.5 Å². The van der Waals surface area contributed by atoms with Crippen molar-refractivity contribution in [3.8, 4) is 11.4 Å². The van der Waals surface area contributed by atoms with Crippen molar-refractivity contribution in [1.29, 1.82) is 0 Å². The van der Waals surface area contributed by atoms with E-state index in [4.69, 9.17) is 4.74 Å². The van der Waals surface area contributed by atoms with Gasteiger partial charge in [0.2, 0.25) is 11.8 Å². The van der Waals surface area contributed by atoms with Crippen molar-refractivity contribution < 1.29 is 14.3 Å². The van der Waals surface area contributed by atoms with Crippen LogP contribution in [0.4, 0.5) is 0 Å². The zero-order chi connectivity index (χ0) is 21.0. The van der Waals surface area contributed by atoms with Crippen LogP contribution in [0.5, 0.6) is 5.75 Å². The first-order valence-corrected chi connectivity index (χ1v) is 11.3. The maximum Gasteiger partial charge on any atom is 0.244 e. The molecule has 1 atom stereocenters. The summed E-state index contributed by atoms with van der Waals surface area (Å²) in [4.78, 5) is 27.0. The SMILES string of the molecule is COc1ccc(-n2cnnc2SCC(=O)N2CSCC2C(=O)NC(C)(C)C)cc1. The summed E-state index contributed by atoms with van der Waals surface area (Å²) in [5.74, 6) is 1.89. The number of rotatable bonds is 6. The Kier molecular flexibility index (Phi) is 6.74. The summed E-state index contributed by atoms with van der Waals surface area (Å²) in [6.45, 7) is 5.79. The van der Waals surface area contributed by atoms with Gasteiger partial charge in [-0.2, -0.15) is 0 Å². The fourth-order valence-electron chi connectivity index (χ4n) is 2.81. The number of ether oxygens (including phenoxy) is 1. The van der Waals surface area contributed by atoms with Gasteiger partial charge in [-0.15, -0.1) is 22.0 Å². The number of carbonyl (C=O) groups excluding carboxylic acids is 2. The Morgan fingerprint density at radius 1 is 1.31 bits per heavy atom. The molecular formula is C19H25N5O3S2. The van der Waals surface area contributed by atoms with Crippen LogP contribution >= 0.6 is 23.5 Å². The average molecular weight is 436 g/mol. The summed E-state index contributed by atoms with van der Waals surface area (Å²) in [7, 11) is 1.62. The molecular weight excluding hydrogens is 410 g/mol. The van der Waals surface area contributed by atoms with Crippen LogP contribution in [0.1, 0.15) is 20.8 Å². The van der Waals surface area contributed by atoms with E-state index in [9.17, 15) is 9.59 Å². The molecule has 3 rings (SSSR count). The van der Waals surface area contributed by atoms with Crippen LogP contribution in [0, 0.1) is 0 Å². The number of methoxy groups -OCH3 is 1. The van der Waals surface area contributed by atoms with Gasteiger partial charge in [-0.05, 0) is 45.0 Å². The summed E-state index contributed by atoms with van der Waals surface area (Å²) in [6, 6.07) is 7.08. The molecule has 8 nitrogen and oxygen atoms in total. The highest BCUT2D eigenvalue weighted by molar-refractivity contribution is 8.00. The van der Waals surface area contributed by atoms with E-state index in [1.165, 1.54) is 11.8 Å². The molecule has 156 valence electrons. The van der Waals surface area contributed by atoms with E-state index < -0.39 is 6.04 Å². The van der Waals surface area contributed by atoms with Gasteiger partial charge in [-0.3, -0.25) is 14.2 Å². The predicted octanol–water partition coefficient (Wildman–Crippen LogP) is 2.18. The number of thioether (sulfide) groups is 2. The minimum Gasteiger partial charge on any atom is -0.497 e. The maximum atomic E-state index is 12.8. The van der Waals surface area contributed by atoms with Gasteiger partial charge in [0.25, 0.3) is 0 Å². The van der Waals surface area contributed by atoms with E-state index in [0.29, 0.717) is 16.8 Å². The number of amides is 2. The van der Waals surface area contributed by atoms with E-state index >= 15 is 0 Å². The molecule has 1 aliphatic rings. The van der Waals surface area contributed by atoms with Crippen molar-refractivity contribution in [3.63, 3.8) is 0 Å². The topological polar surface area (TPSA) is 89.3 Å². The molecule has 0 bridgehead atoms. The molecule has 0 saturated carbocycles. The highest BCUT2D eigenvalue weighted by Crippen LogP contribution is 2.25. The van der Waals surface area contributed by atoms with Gasteiger partial charge < -0.3 is 15.0 Å². The van der Waals surface area contributed by atoms with Crippen molar-refractivity contribution >= 4 is 35.3 Å². The Bertz CT molecular complexity index is 863. The van der Waals surface area contributed by atoms with Crippen LogP contribution < -0.4 is 10.1 Å². The summed E-state index contributed by atoms with van der Waals surface area (Å²) in [5, 5.41) is 11.7. The standard InChI is InChI=1S/C19H25N5O3S2/c1-19(2,3)21-17(26)15-9-28-12-24(15)16(25)10-29-18-22-20-11-23(18)13-5-7-14(27-4)8-6-13/h5-8,11,15H,9-10,12H2,1-4H3,(H,21,26). The van der Waals surface area contributed by atoms with E-state index in [-0.39, 0.29) is 23.1 Å². The molecule has 0 spiro atoms. The summed E-state index contributed by atoms with van der Waals surface area (Å²) >= 11 is 2.90. The number of nitrogens with zero attached hydrogens (tertiary/aromatic N) is 4. The smallest absolute Gasteiger partial charge is 0.244 e. The fourth-order valence-corrected chi connectivity index (χ4v) is 4.81. The third-order valence-corrected chi connectivity index (χ3v) is 6.14. The monoisotopic (exact) mass is 435 g/mol. The van der Waals surface area contributed by atoms with Crippen LogP contribution in [-0.4, -0.2) is 67.6 Å². The van der Waals surface area contributed by atoms with Gasteiger partial charge in [-0.25, -0.2) is 0 Å². The number of nitrogens with one attached hydrogen (secondary N) is 1. The Morgan fingerprint density at radius 2 is 2.03 bits per heavy atom. The lowest BCUT2D eigenvalue weighted by molar-refractivity contribution is -0.136. The molecule has 1 fully saturated rings. The van der Waals surface area contributed by atoms with Crippen molar-refractivity contribution in [3.05, 3.63) is 30.6 Å². The first-order chi connectivity index (χ1) is 13.8. The molecule has 1 aromatic heterocycles. The van der Waals surface area contributed by atoms with Gasteiger partial charge in [0.05, 0.1) is 18.7 Å². The minimum atomic E-state index is -0.438. The Morgan fingerprint density at radius 3 is 2.69 bits per heavy atom. The molecule has 0 radical (unpaired) electrons. The van der Waals surface area contributed by atoms with E-state index in [1.54, 1.807) is 30.1 Å². The predicted molar refractivity (Wildman–Crippen MR) is 114 cm³/mol. The second-order valence-corrected chi connectivity index (χ2v) is 9.53. The second kappa shape index (κ2) is 9.08. The first-order valence-electron chi connectivity index (χ1n) is 9.15. The minimum absolute atomic E-state index is 0.0849. The summed E-state index contributed by atoms with van der Waals surface area (Å²) < 4.78 is 7.00. The zero-order valence-electron chi connectivity index (χ0n) is 16.9. The zero-order valence-corrected chi connectivity index (χ0v) is 18.5. The van der Waals surface area contributed by atoms with Gasteiger partial charge >= 0.3 is 0 Å². The Balaban J connectivity index is 1.63. The van der Waals surface area contributed by atoms with E-state index in [0.717, 1.165) is 11.4 Å². The number of carbonyl (C=O) groups is 2. The molecule has 1 saturated heterocycles. The van der Waals surface area contributed by atoms with E-state index in [1.807, 2.05) is 49.6 Å². The van der Waals surface area contributed by atoms with Gasteiger partial charge in [0, 0.05) is 17.0 Å². The van der Waals surface area contributed by atoms with Crippen molar-refractivity contribution in [2.24, 2.45) is 0 Å². The normalized spacial score (nSPS) is 16.7. The van der Waals surface area contributed by atoms with Crippen LogP contribution in [0.2, 0.25) is 0 Å². The molecule has 1 aliphatic heterocycles. The molecule has 1 aromatic carbocycles. The lowest BCUT2D eigenvalue weighted by Crippen LogP contribution is -2.52. The van der Waals surface area contributed by atoms with Crippen LogP contribution in [-0.2, 0) is 9.59 Å². The van der Waals surface area contributed by atoms with Gasteiger partial charge in [0.15, 0.2) is 5.16 Å². The molecule has 1 N–H and O–H groups in total. The number of benzene rings is 1. The lowest BCUT2D eigenvalue weighted by Gasteiger charge is -2.27. The Hall–Kier alpha value is -2.20. The largest absolute Gasteiger partial charge is 0.497 e. The molecule has 2 heterocycles. The third kappa shape index (κ3) is 5.45. The maximum absolute atomic E-state index is 12.8. The first kappa shape index (κ1) is 21.5. The van der Waals surface area contributed by atoms with Gasteiger partial charge in [-0.1, -0.05) is 11.8 Å². The molecule has 2 amide bonds. The number of hydrogen-bond donors (Lipinski definition) is 1. The quantitative estimate of drug-likeness (QED) is 0.696. The Labute approximate surface area is 178 Å². The highest BCUT2D eigenvalue weighted by atomic mass is 32.2. The van der Waals surface area contributed by atoms with Crippen molar-refractivity contribution in [1.82, 2.24) is 25.0 Å². The van der Waals surface area contributed by atoms with Crippen molar-refractivity contribution in [2.75, 3.05) is 24.5 Å². The number of hydrogen-bond acceptors (Lipinski definition) is 7. The van der Waals surface area contributed by atoms with Crippen LogP contribution in [0.3, 0.4) is 0 Å². The molecule has 0 aliphatic carbocycles. The van der Waals surface area contributed by atoms with E-state index in [2.05, 4.69) is 15.5 Å². The fraction of sp³-hybridized carbons (Fsp3) is 0.474. The second-order valence-electron chi connectivity index (χ2n) is 7.59. The molecule has 2 aromatic rings. The number of aromatic nitrogens is 3. The third-order valence-electron chi connectivity index (χ3n) is 4.20. The molecule has 10 heteroatoms. The van der Waals surface area contributed by atoms with Gasteiger partial charge in [0.1, 0.15) is 18.1 Å².